The van der Waals surface area contributed by atoms with Gasteiger partial charge in [0.2, 0.25) is 0 Å². The van der Waals surface area contributed by atoms with Crippen molar-refractivity contribution in [1.29, 1.82) is 0 Å². The number of hydrogen-bond donors (Lipinski definition) is 2. The molecule has 3 aromatic carbocycles. The van der Waals surface area contributed by atoms with E-state index in [1.807, 2.05) is 42.5 Å². The number of rotatable bonds is 3. The number of fused-ring (bicyclic) bond motifs is 4. The first-order valence-electron chi connectivity index (χ1n) is 10.1. The zero-order valence-corrected chi connectivity index (χ0v) is 16.1. The third-order valence-corrected chi connectivity index (χ3v) is 6.02. The van der Waals surface area contributed by atoms with Crippen molar-refractivity contribution in [2.24, 2.45) is 0 Å². The van der Waals surface area contributed by atoms with E-state index in [0.717, 1.165) is 30.4 Å². The summed E-state index contributed by atoms with van der Waals surface area (Å²) in [6, 6.07) is 22.3. The fourth-order valence-electron chi connectivity index (χ4n) is 4.62. The highest BCUT2D eigenvalue weighted by Crippen LogP contribution is 2.44. The molecule has 29 heavy (non-hydrogen) atoms. The SMILES string of the molecule is O=C(Nc1ccc2c(c1)CCCC2O)OCC1c2ccccc2-c2ccccc21. The lowest BCUT2D eigenvalue weighted by molar-refractivity contribution is 0.156. The summed E-state index contributed by atoms with van der Waals surface area (Å²) in [6.07, 6.45) is 1.83. The maximum absolute atomic E-state index is 12.4. The second kappa shape index (κ2) is 7.37. The number of amides is 1. The van der Waals surface area contributed by atoms with Gasteiger partial charge in [0.25, 0.3) is 0 Å². The quantitative estimate of drug-likeness (QED) is 0.633. The normalized spacial score (nSPS) is 17.2. The molecule has 0 saturated heterocycles. The van der Waals surface area contributed by atoms with E-state index in [2.05, 4.69) is 29.6 Å². The number of ether oxygens (including phenoxy) is 1. The number of hydrogen-bond acceptors (Lipinski definition) is 3. The smallest absolute Gasteiger partial charge is 0.411 e. The van der Waals surface area contributed by atoms with Crippen molar-refractivity contribution in [3.63, 3.8) is 0 Å². The largest absolute Gasteiger partial charge is 0.448 e. The molecule has 4 heteroatoms. The van der Waals surface area contributed by atoms with Crippen LogP contribution in [0, 0.1) is 0 Å². The summed E-state index contributed by atoms with van der Waals surface area (Å²) in [6.45, 7) is 0.295. The highest BCUT2D eigenvalue weighted by molar-refractivity contribution is 5.85. The standard InChI is InChI=1S/C25H23NO3/c27-24-11-5-6-16-14-17(12-13-18(16)24)26-25(28)29-15-23-21-9-3-1-7-19(21)20-8-2-4-10-22(20)23/h1-4,7-10,12-14,23-24,27H,5-6,11,15H2,(H,26,28). The Morgan fingerprint density at radius 3 is 2.38 bits per heavy atom. The van der Waals surface area contributed by atoms with Crippen LogP contribution < -0.4 is 5.32 Å². The van der Waals surface area contributed by atoms with E-state index in [1.54, 1.807) is 0 Å². The molecular weight excluding hydrogens is 362 g/mol. The van der Waals surface area contributed by atoms with E-state index in [-0.39, 0.29) is 5.92 Å². The van der Waals surface area contributed by atoms with Gasteiger partial charge in [-0.05, 0) is 64.8 Å². The lowest BCUT2D eigenvalue weighted by atomic mass is 9.89. The van der Waals surface area contributed by atoms with Crippen LogP contribution in [0.4, 0.5) is 10.5 Å². The Bertz CT molecular complexity index is 1030. The lowest BCUT2D eigenvalue weighted by Gasteiger charge is -2.22. The maximum atomic E-state index is 12.4. The molecule has 0 aliphatic heterocycles. The second-order valence-electron chi connectivity index (χ2n) is 7.77. The molecule has 2 aliphatic carbocycles. The van der Waals surface area contributed by atoms with Gasteiger partial charge in [0.1, 0.15) is 6.61 Å². The third-order valence-electron chi connectivity index (χ3n) is 6.02. The van der Waals surface area contributed by atoms with Gasteiger partial charge in [-0.1, -0.05) is 54.6 Å². The molecule has 2 aliphatic rings. The highest BCUT2D eigenvalue weighted by Gasteiger charge is 2.29. The number of anilines is 1. The summed E-state index contributed by atoms with van der Waals surface area (Å²) >= 11 is 0. The molecule has 0 fully saturated rings. The van der Waals surface area contributed by atoms with Crippen LogP contribution in [0.15, 0.2) is 66.7 Å². The predicted octanol–water partition coefficient (Wildman–Crippen LogP) is 5.42. The summed E-state index contributed by atoms with van der Waals surface area (Å²) in [4.78, 5) is 12.4. The molecule has 3 aromatic rings. The molecular formula is C25H23NO3. The van der Waals surface area contributed by atoms with Crippen molar-refractivity contribution < 1.29 is 14.6 Å². The monoisotopic (exact) mass is 385 g/mol. The molecule has 1 amide bonds. The molecule has 5 rings (SSSR count). The number of aliphatic hydroxyl groups excluding tert-OH is 1. The minimum absolute atomic E-state index is 0.0480. The Balaban J connectivity index is 1.29. The number of carbonyl (C=O) groups excluding carboxylic acids is 1. The third kappa shape index (κ3) is 3.30. The van der Waals surface area contributed by atoms with Crippen LogP contribution in [-0.4, -0.2) is 17.8 Å². The van der Waals surface area contributed by atoms with Crippen molar-refractivity contribution in [3.8, 4) is 11.1 Å². The first kappa shape index (κ1) is 18.0. The molecule has 0 spiro atoms. The van der Waals surface area contributed by atoms with E-state index in [4.69, 9.17) is 4.74 Å². The second-order valence-corrected chi connectivity index (χ2v) is 7.77. The molecule has 0 bridgehead atoms. The minimum Gasteiger partial charge on any atom is -0.448 e. The molecule has 0 radical (unpaired) electrons. The molecule has 2 N–H and O–H groups in total. The van der Waals surface area contributed by atoms with Gasteiger partial charge in [0.05, 0.1) is 6.10 Å². The Hall–Kier alpha value is -3.11. The van der Waals surface area contributed by atoms with Gasteiger partial charge < -0.3 is 9.84 Å². The van der Waals surface area contributed by atoms with Gasteiger partial charge >= 0.3 is 6.09 Å². The molecule has 0 heterocycles. The molecule has 0 aromatic heterocycles. The first-order chi connectivity index (χ1) is 14.2. The summed E-state index contributed by atoms with van der Waals surface area (Å²) < 4.78 is 5.61. The summed E-state index contributed by atoms with van der Waals surface area (Å²) in [5, 5.41) is 12.9. The van der Waals surface area contributed by atoms with Crippen molar-refractivity contribution in [1.82, 2.24) is 0 Å². The van der Waals surface area contributed by atoms with Crippen molar-refractivity contribution in [2.45, 2.75) is 31.3 Å². The average molecular weight is 385 g/mol. The summed E-state index contributed by atoms with van der Waals surface area (Å²) in [5.74, 6) is 0.0480. The van der Waals surface area contributed by atoms with Gasteiger partial charge in [-0.2, -0.15) is 0 Å². The first-order valence-corrected chi connectivity index (χ1v) is 10.1. The highest BCUT2D eigenvalue weighted by atomic mass is 16.5. The number of benzene rings is 3. The van der Waals surface area contributed by atoms with E-state index in [0.29, 0.717) is 12.3 Å². The van der Waals surface area contributed by atoms with Gasteiger partial charge in [-0.15, -0.1) is 0 Å². The molecule has 1 unspecified atom stereocenters. The Morgan fingerprint density at radius 1 is 0.966 bits per heavy atom. The number of aliphatic hydroxyl groups is 1. The topological polar surface area (TPSA) is 58.6 Å². The summed E-state index contributed by atoms with van der Waals surface area (Å²) in [7, 11) is 0. The number of carbonyl (C=O) groups is 1. The summed E-state index contributed by atoms with van der Waals surface area (Å²) in [5.41, 5.74) is 7.59. The van der Waals surface area contributed by atoms with Crippen LogP contribution in [0.25, 0.3) is 11.1 Å². The Labute approximate surface area is 170 Å². The van der Waals surface area contributed by atoms with E-state index < -0.39 is 12.2 Å². The molecule has 4 nitrogen and oxygen atoms in total. The van der Waals surface area contributed by atoms with Gasteiger partial charge in [-0.3, -0.25) is 5.32 Å². The van der Waals surface area contributed by atoms with Crippen molar-refractivity contribution in [3.05, 3.63) is 89.0 Å². The van der Waals surface area contributed by atoms with E-state index in [1.165, 1.54) is 22.3 Å². The lowest BCUT2D eigenvalue weighted by Crippen LogP contribution is -2.18. The van der Waals surface area contributed by atoms with Crippen LogP contribution in [0.5, 0.6) is 0 Å². The van der Waals surface area contributed by atoms with Crippen LogP contribution in [0.2, 0.25) is 0 Å². The average Bonchev–Trinajstić information content (AvgIpc) is 3.06. The van der Waals surface area contributed by atoms with E-state index >= 15 is 0 Å². The molecule has 146 valence electrons. The zero-order chi connectivity index (χ0) is 19.8. The van der Waals surface area contributed by atoms with Crippen molar-refractivity contribution in [2.75, 3.05) is 11.9 Å². The van der Waals surface area contributed by atoms with Gasteiger partial charge in [0, 0.05) is 11.6 Å². The van der Waals surface area contributed by atoms with Gasteiger partial charge in [0.15, 0.2) is 0 Å². The minimum atomic E-state index is -0.455. The number of aryl methyl sites for hydroxylation is 1. The van der Waals surface area contributed by atoms with Crippen LogP contribution >= 0.6 is 0 Å². The van der Waals surface area contributed by atoms with Crippen LogP contribution in [0.1, 0.15) is 47.1 Å². The molecule has 1 atom stereocenters. The Morgan fingerprint density at radius 2 is 1.66 bits per heavy atom. The Kier molecular flexibility index (Phi) is 4.57. The predicted molar refractivity (Wildman–Crippen MR) is 113 cm³/mol. The fourth-order valence-corrected chi connectivity index (χ4v) is 4.62. The van der Waals surface area contributed by atoms with Crippen LogP contribution in [-0.2, 0) is 11.2 Å². The fraction of sp³-hybridized carbons (Fsp3) is 0.240. The van der Waals surface area contributed by atoms with E-state index in [9.17, 15) is 9.90 Å². The van der Waals surface area contributed by atoms with Gasteiger partial charge in [-0.25, -0.2) is 4.79 Å². The zero-order valence-electron chi connectivity index (χ0n) is 16.1. The maximum Gasteiger partial charge on any atom is 0.411 e. The number of nitrogens with one attached hydrogen (secondary N) is 1. The van der Waals surface area contributed by atoms with Crippen LogP contribution in [0.3, 0.4) is 0 Å². The van der Waals surface area contributed by atoms with Crippen molar-refractivity contribution >= 4 is 11.8 Å². The molecule has 0 saturated carbocycles.